The second-order valence-electron chi connectivity index (χ2n) is 8.09. The maximum atomic E-state index is 13.2. The molecule has 1 fully saturated rings. The van der Waals surface area contributed by atoms with Crippen molar-refractivity contribution in [1.29, 1.82) is 0 Å². The lowest BCUT2D eigenvalue weighted by Crippen LogP contribution is -2.33. The zero-order chi connectivity index (χ0) is 20.9. The summed E-state index contributed by atoms with van der Waals surface area (Å²) < 4.78 is 2.16. The van der Waals surface area contributed by atoms with E-state index < -0.39 is 0 Å². The molecular formula is C23H30N4OS2. The molecule has 1 saturated carbocycles. The molecule has 1 aliphatic carbocycles. The van der Waals surface area contributed by atoms with Gasteiger partial charge in [-0.05, 0) is 31.4 Å². The molecule has 1 atom stereocenters. The molecule has 0 radical (unpaired) electrons. The van der Waals surface area contributed by atoms with Crippen LogP contribution in [0.4, 0.5) is 5.69 Å². The molecule has 1 aromatic carbocycles. The first-order chi connectivity index (χ1) is 14.7. The lowest BCUT2D eigenvalue weighted by atomic mass is 9.89. The van der Waals surface area contributed by atoms with Gasteiger partial charge in [0.25, 0.3) is 0 Å². The van der Waals surface area contributed by atoms with Crippen molar-refractivity contribution in [2.75, 3.05) is 17.2 Å². The number of nitrogens with zero attached hydrogens (tertiary/aromatic N) is 4. The van der Waals surface area contributed by atoms with Crippen molar-refractivity contribution in [3.05, 3.63) is 42.7 Å². The van der Waals surface area contributed by atoms with Crippen LogP contribution in [0.15, 0.2) is 47.0 Å². The van der Waals surface area contributed by atoms with Crippen molar-refractivity contribution in [2.45, 2.75) is 73.2 Å². The summed E-state index contributed by atoms with van der Waals surface area (Å²) in [6, 6.07) is 8.24. The summed E-state index contributed by atoms with van der Waals surface area (Å²) in [5.41, 5.74) is 1.04. The zero-order valence-corrected chi connectivity index (χ0v) is 19.3. The quantitative estimate of drug-likeness (QED) is 0.435. The lowest BCUT2D eigenvalue weighted by molar-refractivity contribution is -0.116. The number of amides is 1. The van der Waals surface area contributed by atoms with Crippen LogP contribution in [0.5, 0.6) is 0 Å². The predicted octanol–water partition coefficient (Wildman–Crippen LogP) is 5.52. The number of carbonyl (C=O) groups is 1. The monoisotopic (exact) mass is 442 g/mol. The highest BCUT2D eigenvalue weighted by Crippen LogP contribution is 2.38. The molecule has 7 heteroatoms. The molecule has 0 N–H and O–H groups in total. The van der Waals surface area contributed by atoms with Crippen LogP contribution in [0.1, 0.15) is 57.2 Å². The second kappa shape index (κ2) is 10.1. The Morgan fingerprint density at radius 2 is 2.03 bits per heavy atom. The van der Waals surface area contributed by atoms with Crippen LogP contribution in [-0.4, -0.2) is 38.2 Å². The van der Waals surface area contributed by atoms with Gasteiger partial charge in [-0.1, -0.05) is 56.2 Å². The Kier molecular flexibility index (Phi) is 7.20. The van der Waals surface area contributed by atoms with Gasteiger partial charge >= 0.3 is 0 Å². The van der Waals surface area contributed by atoms with E-state index >= 15 is 0 Å². The molecule has 0 bridgehead atoms. The van der Waals surface area contributed by atoms with Crippen molar-refractivity contribution in [3.63, 3.8) is 0 Å². The van der Waals surface area contributed by atoms with Crippen LogP contribution in [0.2, 0.25) is 0 Å². The zero-order valence-electron chi connectivity index (χ0n) is 17.6. The molecule has 1 aromatic heterocycles. The third-order valence-corrected chi connectivity index (χ3v) is 8.09. The van der Waals surface area contributed by atoms with Gasteiger partial charge in [0.2, 0.25) is 5.91 Å². The number of anilines is 1. The molecule has 2 heterocycles. The summed E-state index contributed by atoms with van der Waals surface area (Å²) in [6.07, 6.45) is 9.09. The Hall–Kier alpha value is -1.73. The second-order valence-corrected chi connectivity index (χ2v) is 10.5. The average molecular weight is 443 g/mol. The maximum Gasteiger partial charge on any atom is 0.237 e. The summed E-state index contributed by atoms with van der Waals surface area (Å²) in [6.45, 7) is 7.59. The average Bonchev–Trinajstić information content (AvgIpc) is 3.08. The minimum absolute atomic E-state index is 0.134. The molecule has 1 amide bonds. The maximum absolute atomic E-state index is 13.2. The van der Waals surface area contributed by atoms with E-state index in [1.54, 1.807) is 0 Å². The molecule has 2 aliphatic rings. The number of hydrogen-bond donors (Lipinski definition) is 0. The molecule has 4 rings (SSSR count). The topological polar surface area (TPSA) is 51.0 Å². The van der Waals surface area contributed by atoms with Gasteiger partial charge in [-0.2, -0.15) is 0 Å². The minimum atomic E-state index is 0.134. The molecule has 30 heavy (non-hydrogen) atoms. The van der Waals surface area contributed by atoms with Gasteiger partial charge in [-0.25, -0.2) is 0 Å². The number of aromatic nitrogens is 3. The molecule has 2 aromatic rings. The van der Waals surface area contributed by atoms with Crippen LogP contribution in [-0.2, 0) is 11.3 Å². The van der Waals surface area contributed by atoms with Gasteiger partial charge in [-0.3, -0.25) is 4.79 Å². The number of fused-ring (bicyclic) bond motifs is 1. The highest BCUT2D eigenvalue weighted by molar-refractivity contribution is 8.00. The van der Waals surface area contributed by atoms with Crippen LogP contribution in [0.3, 0.4) is 0 Å². The molecular weight excluding hydrogens is 412 g/mol. The molecule has 1 unspecified atom stereocenters. The van der Waals surface area contributed by atoms with Gasteiger partial charge in [0.05, 0.1) is 11.4 Å². The fraction of sp³-hybridized carbons (Fsp3) is 0.522. The first-order valence-electron chi connectivity index (χ1n) is 10.9. The molecule has 0 saturated heterocycles. The Morgan fingerprint density at radius 1 is 1.23 bits per heavy atom. The molecule has 0 spiro atoms. The third kappa shape index (κ3) is 4.78. The van der Waals surface area contributed by atoms with E-state index in [0.29, 0.717) is 23.5 Å². The van der Waals surface area contributed by atoms with Gasteiger partial charge in [0.15, 0.2) is 5.16 Å². The van der Waals surface area contributed by atoms with Gasteiger partial charge in [0.1, 0.15) is 5.82 Å². The van der Waals surface area contributed by atoms with Crippen LogP contribution >= 0.6 is 23.5 Å². The number of carbonyl (C=O) groups excluding carboxylic acids is 1. The SMILES string of the molecule is C=CCn1c(SCC(=O)N2CCC(C)Sc3ccccc32)nnc1C1CCCCC1. The summed E-state index contributed by atoms with van der Waals surface area (Å²) >= 11 is 3.36. The summed E-state index contributed by atoms with van der Waals surface area (Å²) in [5, 5.41) is 10.3. The van der Waals surface area contributed by atoms with Crippen molar-refractivity contribution in [3.8, 4) is 0 Å². The summed E-state index contributed by atoms with van der Waals surface area (Å²) in [5.74, 6) is 2.05. The Morgan fingerprint density at radius 3 is 2.83 bits per heavy atom. The van der Waals surface area contributed by atoms with Crippen molar-refractivity contribution in [1.82, 2.24) is 14.8 Å². The highest BCUT2D eigenvalue weighted by atomic mass is 32.2. The first kappa shape index (κ1) is 21.5. The fourth-order valence-corrected chi connectivity index (χ4v) is 6.26. The Labute approximate surface area is 187 Å². The number of benzene rings is 1. The number of para-hydroxylation sites is 1. The van der Waals surface area contributed by atoms with Crippen molar-refractivity contribution in [2.24, 2.45) is 0 Å². The smallest absolute Gasteiger partial charge is 0.237 e. The standard InChI is InChI=1S/C23H30N4OS2/c1-3-14-27-22(18-9-5-4-6-10-18)24-25-23(27)29-16-21(28)26-15-13-17(2)30-20-12-8-7-11-19(20)26/h3,7-8,11-12,17-18H,1,4-6,9-10,13-16H2,2H3. The minimum Gasteiger partial charge on any atom is -0.311 e. The van der Waals surface area contributed by atoms with Gasteiger partial charge < -0.3 is 9.47 Å². The fourth-order valence-electron chi connectivity index (χ4n) is 4.32. The van der Waals surface area contributed by atoms with E-state index in [9.17, 15) is 4.79 Å². The summed E-state index contributed by atoms with van der Waals surface area (Å²) in [7, 11) is 0. The number of allylic oxidation sites excluding steroid dienone is 1. The molecule has 5 nitrogen and oxygen atoms in total. The van der Waals surface area contributed by atoms with Crippen LogP contribution in [0, 0.1) is 0 Å². The molecule has 1 aliphatic heterocycles. The molecule has 160 valence electrons. The van der Waals surface area contributed by atoms with Gasteiger partial charge in [0, 0.05) is 29.2 Å². The van der Waals surface area contributed by atoms with E-state index in [-0.39, 0.29) is 5.91 Å². The van der Waals surface area contributed by atoms with E-state index in [0.717, 1.165) is 29.6 Å². The van der Waals surface area contributed by atoms with Crippen LogP contribution in [0.25, 0.3) is 0 Å². The lowest BCUT2D eigenvalue weighted by Gasteiger charge is -2.23. The summed E-state index contributed by atoms with van der Waals surface area (Å²) in [4.78, 5) is 16.3. The highest BCUT2D eigenvalue weighted by Gasteiger charge is 2.26. The van der Waals surface area contributed by atoms with E-state index in [4.69, 9.17) is 0 Å². The van der Waals surface area contributed by atoms with E-state index in [2.05, 4.69) is 40.4 Å². The Balaban J connectivity index is 1.49. The largest absolute Gasteiger partial charge is 0.311 e. The predicted molar refractivity (Wildman–Crippen MR) is 126 cm³/mol. The Bertz CT molecular complexity index is 891. The number of hydrogen-bond acceptors (Lipinski definition) is 5. The van der Waals surface area contributed by atoms with E-state index in [1.807, 2.05) is 34.9 Å². The normalized spacial score (nSPS) is 19.9. The first-order valence-corrected chi connectivity index (χ1v) is 12.8. The van der Waals surface area contributed by atoms with Crippen LogP contribution < -0.4 is 4.90 Å². The number of thioether (sulfide) groups is 2. The number of rotatable bonds is 6. The van der Waals surface area contributed by atoms with Crippen molar-refractivity contribution < 1.29 is 4.79 Å². The van der Waals surface area contributed by atoms with Gasteiger partial charge in [-0.15, -0.1) is 28.5 Å². The van der Waals surface area contributed by atoms with E-state index in [1.165, 1.54) is 48.8 Å². The third-order valence-electron chi connectivity index (χ3n) is 5.90. The van der Waals surface area contributed by atoms with Crippen molar-refractivity contribution >= 4 is 35.1 Å².